The standard InChI is InChI=1S/C57H84N16O14/c1-2-47(75)60-20-21-64-56(85)67-55(58)62-17-6-12-46(53(83)65-33-40-13-15-45(74)16-14-40)66-54(84)52(73-34-42-8-3-4-9-43(42)35-73)41-10-5-11-44(32-41)59-18-7-19-63-57(86)68-87-31-22-61-48(76)36-69-23-25-70(37-49(77)78)27-29-72(39-51(81)82)30-28-71(26-24-69)38-50(79)80/h3-5,8-11,13-16,32,46,52,59,74H,2,6-7,12,17-31,33-39H2,1H3,(H,60,75)(H,61,76)(H,65,83)(H,66,84)(H,77,78)(H,79,80)(H,81,82)(H2,63,68,86)(H4,58,62,64,67,85)/t46-,52+/m1/s1. The summed E-state index contributed by atoms with van der Waals surface area (Å²) in [4.78, 5) is 131. The summed E-state index contributed by atoms with van der Waals surface area (Å²) >= 11 is 0. The first-order valence-electron chi connectivity index (χ1n) is 28.9. The van der Waals surface area contributed by atoms with Crippen LogP contribution in [0.25, 0.3) is 0 Å². The van der Waals surface area contributed by atoms with Crippen LogP contribution in [-0.4, -0.2) is 235 Å². The molecule has 30 nitrogen and oxygen atoms in total. The van der Waals surface area contributed by atoms with E-state index in [9.17, 15) is 63.6 Å². The Morgan fingerprint density at radius 1 is 0.609 bits per heavy atom. The van der Waals surface area contributed by atoms with Gasteiger partial charge in [-0.25, -0.2) is 15.1 Å². The number of aliphatic carboxylic acids is 3. The van der Waals surface area contributed by atoms with E-state index in [4.69, 9.17) is 10.6 Å². The summed E-state index contributed by atoms with van der Waals surface area (Å²) in [6.45, 7) is 5.02. The quantitative estimate of drug-likeness (QED) is 0.0151. The van der Waals surface area contributed by atoms with E-state index in [0.717, 1.165) is 16.7 Å². The van der Waals surface area contributed by atoms with Crippen LogP contribution in [0.1, 0.15) is 60.9 Å². The first kappa shape index (κ1) is 69.1. The number of amides is 8. The molecule has 3 aromatic rings. The number of hydrogen-bond acceptors (Lipinski definition) is 18. The molecule has 8 amide bonds. The summed E-state index contributed by atoms with van der Waals surface area (Å²) in [5.41, 5.74) is 12.5. The molecule has 0 radical (unpaired) electrons. The number of carbonyl (C=O) groups is 9. The Labute approximate surface area is 504 Å². The van der Waals surface area contributed by atoms with Crippen molar-refractivity contribution >= 4 is 65.2 Å². The zero-order chi connectivity index (χ0) is 62.9. The van der Waals surface area contributed by atoms with Crippen molar-refractivity contribution in [3.05, 3.63) is 95.1 Å². The van der Waals surface area contributed by atoms with Crippen LogP contribution in [0.15, 0.2) is 77.8 Å². The highest BCUT2D eigenvalue weighted by Gasteiger charge is 2.34. The minimum absolute atomic E-state index is 0.0371. The second-order valence-electron chi connectivity index (χ2n) is 20.8. The SMILES string of the molecule is CCC(=O)NCCNC(=O)NC(N)=NCCC[C@@H](NC(=O)[C@H](c1cccc(NCCCNC(=O)NOCCNC(=O)CN2CCN(CC(=O)O)CCN(CC(=O)O)CCN(CC(=O)O)CC2)c1)N1Cc2ccccc2C1)C(=O)NCc1ccc(O)cc1. The van der Waals surface area contributed by atoms with Crippen LogP contribution in [0, 0.1) is 0 Å². The predicted octanol–water partition coefficient (Wildman–Crippen LogP) is -1.21. The number of benzene rings is 3. The maximum absolute atomic E-state index is 14.7. The van der Waals surface area contributed by atoms with Gasteiger partial charge in [-0.1, -0.05) is 55.5 Å². The van der Waals surface area contributed by atoms with Crippen LogP contribution in [0.2, 0.25) is 0 Å². The second-order valence-corrected chi connectivity index (χ2v) is 20.8. The van der Waals surface area contributed by atoms with E-state index in [2.05, 4.69) is 53.0 Å². The number of nitrogens with two attached hydrogens (primary N) is 1. The van der Waals surface area contributed by atoms with Gasteiger partial charge in [0.1, 0.15) is 17.8 Å². The van der Waals surface area contributed by atoms with E-state index >= 15 is 0 Å². The summed E-state index contributed by atoms with van der Waals surface area (Å²) in [5, 5.41) is 60.6. The van der Waals surface area contributed by atoms with Gasteiger partial charge in [0.15, 0.2) is 5.96 Å². The summed E-state index contributed by atoms with van der Waals surface area (Å²) in [6, 6.07) is 18.6. The first-order chi connectivity index (χ1) is 41.8. The Bertz CT molecular complexity index is 2720. The molecule has 0 unspecified atom stereocenters. The number of guanidine groups is 1. The van der Waals surface area contributed by atoms with E-state index in [-0.39, 0.29) is 161 Å². The number of nitrogens with zero attached hydrogens (tertiary/aromatic N) is 6. The van der Waals surface area contributed by atoms with E-state index in [0.29, 0.717) is 43.7 Å². The van der Waals surface area contributed by atoms with Crippen molar-refractivity contribution in [3.8, 4) is 5.75 Å². The molecular weight excluding hydrogens is 1130 g/mol. The topological polar surface area (TPSA) is 407 Å². The van der Waals surface area contributed by atoms with Crippen LogP contribution in [-0.2, 0) is 58.0 Å². The number of aromatic hydroxyl groups is 1. The number of phenolic OH excluding ortho intramolecular Hbond substituents is 1. The van der Waals surface area contributed by atoms with E-state index < -0.39 is 53.9 Å². The van der Waals surface area contributed by atoms with Crippen molar-refractivity contribution < 1.29 is 68.4 Å². The molecule has 0 aromatic heterocycles. The second kappa shape index (κ2) is 37.7. The normalized spacial score (nSPS) is 15.4. The Kier molecular flexibility index (Phi) is 29.9. The van der Waals surface area contributed by atoms with Crippen LogP contribution >= 0.6 is 0 Å². The Morgan fingerprint density at radius 3 is 1.76 bits per heavy atom. The van der Waals surface area contributed by atoms with Gasteiger partial charge < -0.3 is 63.4 Å². The average Bonchev–Trinajstić information content (AvgIpc) is 2.33. The molecule has 2 aliphatic rings. The van der Waals surface area contributed by atoms with Gasteiger partial charge in [-0.05, 0) is 65.8 Å². The van der Waals surface area contributed by atoms with Gasteiger partial charge in [-0.3, -0.25) is 73.2 Å². The number of fused-ring (bicyclic) bond motifs is 1. The summed E-state index contributed by atoms with van der Waals surface area (Å²) < 4.78 is 0. The molecule has 0 spiro atoms. The number of rotatable bonds is 32. The van der Waals surface area contributed by atoms with Gasteiger partial charge in [-0.15, -0.1) is 0 Å². The van der Waals surface area contributed by atoms with E-state index in [1.54, 1.807) is 38.7 Å². The fraction of sp³-hybridized carbons (Fsp3) is 0.509. The van der Waals surface area contributed by atoms with Gasteiger partial charge in [0.2, 0.25) is 23.6 Å². The molecule has 0 bridgehead atoms. The van der Waals surface area contributed by atoms with E-state index in [1.165, 1.54) is 12.1 Å². The lowest BCUT2D eigenvalue weighted by Gasteiger charge is -2.32. The monoisotopic (exact) mass is 1220 g/mol. The van der Waals surface area contributed by atoms with Crippen molar-refractivity contribution in [2.24, 2.45) is 10.7 Å². The van der Waals surface area contributed by atoms with Crippen molar-refractivity contribution in [1.29, 1.82) is 0 Å². The molecule has 30 heteroatoms. The number of phenols is 1. The van der Waals surface area contributed by atoms with E-state index in [1.807, 2.05) is 53.4 Å². The fourth-order valence-corrected chi connectivity index (χ4v) is 9.49. The van der Waals surface area contributed by atoms with Crippen LogP contribution in [0.5, 0.6) is 5.75 Å². The molecular formula is C57H84N16O14. The average molecular weight is 1220 g/mol. The lowest BCUT2D eigenvalue weighted by atomic mass is 10.0. The van der Waals surface area contributed by atoms with Gasteiger partial charge in [-0.2, -0.15) is 0 Å². The highest BCUT2D eigenvalue weighted by molar-refractivity contribution is 5.95. The third kappa shape index (κ3) is 27.1. The van der Waals surface area contributed by atoms with Gasteiger partial charge in [0.05, 0.1) is 32.8 Å². The zero-order valence-corrected chi connectivity index (χ0v) is 49.1. The van der Waals surface area contributed by atoms with Crippen molar-refractivity contribution in [1.82, 2.24) is 67.2 Å². The molecule has 1 saturated heterocycles. The highest BCUT2D eigenvalue weighted by atomic mass is 16.7. The summed E-state index contributed by atoms with van der Waals surface area (Å²) in [6.07, 6.45) is 1.25. The minimum Gasteiger partial charge on any atom is -0.508 e. The number of carbonyl (C=O) groups excluding carboxylic acids is 6. The molecule has 476 valence electrons. The lowest BCUT2D eigenvalue weighted by Crippen LogP contribution is -2.50. The molecule has 87 heavy (non-hydrogen) atoms. The largest absolute Gasteiger partial charge is 0.508 e. The Hall–Kier alpha value is -8.68. The molecule has 2 heterocycles. The summed E-state index contributed by atoms with van der Waals surface area (Å²) in [7, 11) is 0. The fourth-order valence-electron chi connectivity index (χ4n) is 9.49. The number of carboxylic acids is 3. The number of hydrogen-bond donors (Lipinski definition) is 14. The smallest absolute Gasteiger partial charge is 0.338 e. The molecule has 0 aliphatic carbocycles. The third-order valence-corrected chi connectivity index (χ3v) is 14.0. The highest BCUT2D eigenvalue weighted by Crippen LogP contribution is 2.33. The van der Waals surface area contributed by atoms with Gasteiger partial charge >= 0.3 is 30.0 Å². The van der Waals surface area contributed by atoms with Crippen molar-refractivity contribution in [2.75, 3.05) is 130 Å². The van der Waals surface area contributed by atoms with Gasteiger partial charge in [0.25, 0.3) is 0 Å². The molecule has 5 rings (SSSR count). The number of hydroxylamine groups is 1. The maximum atomic E-state index is 14.7. The van der Waals surface area contributed by atoms with Crippen molar-refractivity contribution in [3.63, 3.8) is 0 Å². The van der Waals surface area contributed by atoms with Crippen LogP contribution < -0.4 is 53.7 Å². The molecule has 1 fully saturated rings. The Balaban J connectivity index is 1.11. The van der Waals surface area contributed by atoms with Crippen LogP contribution in [0.3, 0.4) is 0 Å². The molecule has 2 atom stereocenters. The van der Waals surface area contributed by atoms with Crippen molar-refractivity contribution in [2.45, 2.75) is 64.3 Å². The predicted molar refractivity (Wildman–Crippen MR) is 320 cm³/mol. The number of carboxylic acid groups (broad SMARTS) is 3. The maximum Gasteiger partial charge on any atom is 0.338 e. The molecule has 3 aromatic carbocycles. The number of anilines is 1. The third-order valence-electron chi connectivity index (χ3n) is 14.0. The molecule has 2 aliphatic heterocycles. The first-order valence-corrected chi connectivity index (χ1v) is 28.9. The minimum atomic E-state index is -1.06. The summed E-state index contributed by atoms with van der Waals surface area (Å²) in [5.74, 6) is -4.65. The molecule has 15 N–H and O–H groups in total. The number of aliphatic imine (C=N–C) groups is 1. The van der Waals surface area contributed by atoms with Gasteiger partial charge in [0, 0.05) is 123 Å². The lowest BCUT2D eigenvalue weighted by molar-refractivity contribution is -0.140. The molecule has 0 saturated carbocycles. The number of urea groups is 2. The van der Waals surface area contributed by atoms with Crippen LogP contribution in [0.4, 0.5) is 15.3 Å². The zero-order valence-electron chi connectivity index (χ0n) is 49.1. The Morgan fingerprint density at radius 2 is 1.17 bits per heavy atom. The number of nitrogens with one attached hydrogen (secondary N) is 9.